The van der Waals surface area contributed by atoms with Crippen LogP contribution in [0.2, 0.25) is 0 Å². The van der Waals surface area contributed by atoms with Gasteiger partial charge < -0.3 is 14.6 Å². The van der Waals surface area contributed by atoms with Gasteiger partial charge in [-0.25, -0.2) is 9.52 Å². The van der Waals surface area contributed by atoms with Crippen molar-refractivity contribution in [2.45, 2.75) is 39.5 Å². The quantitative estimate of drug-likeness (QED) is 0.808. The molecule has 1 aromatic rings. The zero-order chi connectivity index (χ0) is 16.6. The Bertz CT molecular complexity index is 606. The Hall–Kier alpha value is -1.40. The molecule has 23 heavy (non-hydrogen) atoms. The summed E-state index contributed by atoms with van der Waals surface area (Å²) >= 11 is -1.14. The minimum atomic E-state index is -1.14. The highest BCUT2D eigenvalue weighted by Gasteiger charge is 2.44. The van der Waals surface area contributed by atoms with Crippen LogP contribution in [-0.2, 0) is 11.4 Å². The summed E-state index contributed by atoms with van der Waals surface area (Å²) in [5.41, 5.74) is 3.11. The van der Waals surface area contributed by atoms with Crippen molar-refractivity contribution in [1.82, 2.24) is 0 Å². The number of nitrogens with zero attached hydrogens (tertiary/aromatic N) is 1. The normalized spacial score (nSPS) is 20.4. The van der Waals surface area contributed by atoms with E-state index in [-0.39, 0.29) is 0 Å². The monoisotopic (exact) mass is 336 g/mol. The minimum absolute atomic E-state index is 0.365. The molecule has 3 rings (SSSR count). The summed E-state index contributed by atoms with van der Waals surface area (Å²) in [7, 11) is 0. The molecular formula is C17H24N2O3S. The van der Waals surface area contributed by atoms with Gasteiger partial charge in [0.2, 0.25) is 0 Å². The van der Waals surface area contributed by atoms with Crippen molar-refractivity contribution >= 4 is 28.7 Å². The number of aromatic carboxylic acids is 1. The molecule has 1 saturated carbocycles. The fourth-order valence-electron chi connectivity index (χ4n) is 3.46. The fourth-order valence-corrected chi connectivity index (χ4v) is 3.98. The lowest BCUT2D eigenvalue weighted by atomic mass is 9.92. The van der Waals surface area contributed by atoms with Crippen LogP contribution in [0.4, 0.5) is 11.4 Å². The van der Waals surface area contributed by atoms with Crippen LogP contribution in [0.3, 0.4) is 0 Å². The van der Waals surface area contributed by atoms with Gasteiger partial charge in [-0.15, -0.1) is 0 Å². The summed E-state index contributed by atoms with van der Waals surface area (Å²) in [5.74, 6) is -0.381. The van der Waals surface area contributed by atoms with Gasteiger partial charge in [-0.3, -0.25) is 0 Å². The molecule has 1 aromatic carbocycles. The van der Waals surface area contributed by atoms with Gasteiger partial charge in [0, 0.05) is 13.1 Å². The van der Waals surface area contributed by atoms with Crippen LogP contribution in [0.1, 0.15) is 48.5 Å². The first kappa shape index (κ1) is 16.5. The molecule has 0 amide bonds. The SMILES string of the molecule is CC[S+]([O-])Nc1cc(C)c(C(=O)O)c(N2CCC3(CC2)CC3)c1. The lowest BCUT2D eigenvalue weighted by Gasteiger charge is -2.35. The molecule has 1 aliphatic carbocycles. The Balaban J connectivity index is 1.90. The topological polar surface area (TPSA) is 75.6 Å². The number of benzene rings is 1. The molecular weight excluding hydrogens is 312 g/mol. The van der Waals surface area contributed by atoms with Gasteiger partial charge >= 0.3 is 5.97 Å². The first-order chi connectivity index (χ1) is 10.9. The minimum Gasteiger partial charge on any atom is -0.593 e. The molecule has 5 nitrogen and oxygen atoms in total. The van der Waals surface area contributed by atoms with E-state index in [0.29, 0.717) is 22.3 Å². The number of hydrogen-bond donors (Lipinski definition) is 2. The van der Waals surface area contributed by atoms with Crippen LogP contribution in [0.25, 0.3) is 0 Å². The van der Waals surface area contributed by atoms with Gasteiger partial charge in [0.15, 0.2) is 0 Å². The van der Waals surface area contributed by atoms with Crippen LogP contribution >= 0.6 is 0 Å². The van der Waals surface area contributed by atoms with Crippen molar-refractivity contribution in [2.24, 2.45) is 5.41 Å². The number of nitrogens with one attached hydrogen (secondary N) is 1. The Kier molecular flexibility index (Phi) is 4.47. The molecule has 0 aromatic heterocycles. The van der Waals surface area contributed by atoms with E-state index in [1.165, 1.54) is 12.8 Å². The van der Waals surface area contributed by atoms with Gasteiger partial charge in [0.1, 0.15) is 5.75 Å². The van der Waals surface area contributed by atoms with E-state index >= 15 is 0 Å². The highest BCUT2D eigenvalue weighted by Crippen LogP contribution is 2.54. The highest BCUT2D eigenvalue weighted by molar-refractivity contribution is 7.92. The number of carboxylic acids is 1. The predicted octanol–water partition coefficient (Wildman–Crippen LogP) is 3.17. The fraction of sp³-hybridized carbons (Fsp3) is 0.588. The number of aryl methyl sites for hydroxylation is 1. The van der Waals surface area contributed by atoms with Crippen molar-refractivity contribution in [1.29, 1.82) is 0 Å². The van der Waals surface area contributed by atoms with Gasteiger partial charge in [-0.2, -0.15) is 0 Å². The zero-order valence-corrected chi connectivity index (χ0v) is 14.5. The zero-order valence-electron chi connectivity index (χ0n) is 13.7. The molecule has 126 valence electrons. The lowest BCUT2D eigenvalue weighted by Crippen LogP contribution is -2.35. The predicted molar refractivity (Wildman–Crippen MR) is 93.6 cm³/mol. The third-order valence-corrected chi connectivity index (χ3v) is 6.13. The average Bonchev–Trinajstić information content (AvgIpc) is 3.26. The summed E-state index contributed by atoms with van der Waals surface area (Å²) < 4.78 is 14.7. The van der Waals surface area contributed by atoms with E-state index in [0.717, 1.165) is 37.3 Å². The average molecular weight is 336 g/mol. The standard InChI is InChI=1S/C17H24N2O3S/c1-3-23(22)18-13-10-12(2)15(16(20)21)14(11-13)19-8-6-17(4-5-17)7-9-19/h10-11,18H,3-9H2,1-2H3,(H,20,21). The molecule has 2 N–H and O–H groups in total. The van der Waals surface area contributed by atoms with E-state index in [1.54, 1.807) is 13.0 Å². The summed E-state index contributed by atoms with van der Waals surface area (Å²) in [6.07, 6.45) is 4.93. The molecule has 1 heterocycles. The largest absolute Gasteiger partial charge is 0.593 e. The number of anilines is 2. The van der Waals surface area contributed by atoms with Crippen molar-refractivity contribution in [3.63, 3.8) is 0 Å². The first-order valence-electron chi connectivity index (χ1n) is 8.22. The molecule has 1 spiro atoms. The summed E-state index contributed by atoms with van der Waals surface area (Å²) in [6, 6.07) is 3.61. The smallest absolute Gasteiger partial charge is 0.338 e. The van der Waals surface area contributed by atoms with Crippen molar-refractivity contribution in [3.8, 4) is 0 Å². The van der Waals surface area contributed by atoms with Crippen LogP contribution in [0.5, 0.6) is 0 Å². The van der Waals surface area contributed by atoms with Crippen molar-refractivity contribution < 1.29 is 14.5 Å². The van der Waals surface area contributed by atoms with Crippen LogP contribution in [0.15, 0.2) is 12.1 Å². The second-order valence-electron chi connectivity index (χ2n) is 6.72. The maximum Gasteiger partial charge on any atom is 0.338 e. The molecule has 0 radical (unpaired) electrons. The summed E-state index contributed by atoms with van der Waals surface area (Å²) in [6.45, 7) is 5.46. The van der Waals surface area contributed by atoms with Gasteiger partial charge in [-0.1, -0.05) is 0 Å². The van der Waals surface area contributed by atoms with Crippen molar-refractivity contribution in [3.05, 3.63) is 23.3 Å². The molecule has 2 aliphatic rings. The molecule has 2 fully saturated rings. The number of piperidine rings is 1. The summed E-state index contributed by atoms with van der Waals surface area (Å²) in [4.78, 5) is 13.9. The molecule has 1 atom stereocenters. The number of carboxylic acid groups (broad SMARTS) is 1. The van der Waals surface area contributed by atoms with Crippen LogP contribution in [-0.4, -0.2) is 34.5 Å². The molecule has 0 bridgehead atoms. The van der Waals surface area contributed by atoms with Gasteiger partial charge in [0.05, 0.1) is 28.3 Å². The maximum atomic E-state index is 11.8. The number of hydrogen-bond acceptors (Lipinski definition) is 4. The Morgan fingerprint density at radius 1 is 1.35 bits per heavy atom. The van der Waals surface area contributed by atoms with Crippen molar-refractivity contribution in [2.75, 3.05) is 28.5 Å². The van der Waals surface area contributed by atoms with Crippen LogP contribution in [0, 0.1) is 12.3 Å². The third-order valence-electron chi connectivity index (χ3n) is 5.14. The van der Waals surface area contributed by atoms with E-state index in [9.17, 15) is 14.5 Å². The van der Waals surface area contributed by atoms with Gasteiger partial charge in [0.25, 0.3) is 0 Å². The Labute approximate surface area is 140 Å². The highest BCUT2D eigenvalue weighted by atomic mass is 32.2. The molecule has 1 unspecified atom stereocenters. The van der Waals surface area contributed by atoms with Crippen LogP contribution < -0.4 is 9.62 Å². The third kappa shape index (κ3) is 3.43. The van der Waals surface area contributed by atoms with E-state index in [4.69, 9.17) is 0 Å². The molecule has 1 saturated heterocycles. The first-order valence-corrected chi connectivity index (χ1v) is 9.54. The Morgan fingerprint density at radius 3 is 2.52 bits per heavy atom. The van der Waals surface area contributed by atoms with Gasteiger partial charge in [-0.05, 0) is 62.6 Å². The Morgan fingerprint density at radius 2 is 2.00 bits per heavy atom. The van der Waals surface area contributed by atoms with E-state index < -0.39 is 17.3 Å². The van der Waals surface area contributed by atoms with E-state index in [2.05, 4.69) is 9.62 Å². The maximum absolute atomic E-state index is 11.8. The number of carbonyl (C=O) groups is 1. The van der Waals surface area contributed by atoms with E-state index in [1.807, 2.05) is 13.0 Å². The number of rotatable bonds is 5. The molecule has 6 heteroatoms. The lowest BCUT2D eigenvalue weighted by molar-refractivity contribution is 0.0696. The second kappa shape index (κ2) is 6.24. The summed E-state index contributed by atoms with van der Waals surface area (Å²) in [5, 5.41) is 9.60. The second-order valence-corrected chi connectivity index (χ2v) is 8.19. The molecule has 1 aliphatic heterocycles.